The molecule has 0 fully saturated rings. The Kier molecular flexibility index (Phi) is 28.5. The lowest BCUT2D eigenvalue weighted by molar-refractivity contribution is 0.207. The zero-order valence-corrected chi connectivity index (χ0v) is 81.0. The number of nitrogens with zero attached hydrogens (tertiary/aromatic N) is 18. The number of H-pyrrole nitrogens is 2. The van der Waals surface area contributed by atoms with Gasteiger partial charge in [0.2, 0.25) is 32.6 Å². The van der Waals surface area contributed by atoms with Gasteiger partial charge in [-0.1, -0.05) is 121 Å². The van der Waals surface area contributed by atoms with E-state index in [0.717, 1.165) is 173 Å². The summed E-state index contributed by atoms with van der Waals surface area (Å²) in [6.45, 7) is 18.7. The first-order chi connectivity index (χ1) is 69.6. The summed E-state index contributed by atoms with van der Waals surface area (Å²) in [7, 11) is -1.95. The number of hydrogen-bond acceptors (Lipinski definition) is 27. The highest BCUT2D eigenvalue weighted by Crippen LogP contribution is 2.33. The van der Waals surface area contributed by atoms with Crippen molar-refractivity contribution in [2.45, 2.75) is 130 Å². The summed E-state index contributed by atoms with van der Waals surface area (Å²) in [5, 5.41) is 80.7. The van der Waals surface area contributed by atoms with Gasteiger partial charge in [-0.15, -0.1) is 11.3 Å². The van der Waals surface area contributed by atoms with Crippen LogP contribution in [0.5, 0.6) is 34.5 Å². The number of benzene rings is 6. The van der Waals surface area contributed by atoms with Crippen molar-refractivity contribution in [3.05, 3.63) is 399 Å². The summed E-state index contributed by atoms with van der Waals surface area (Å²) in [5.41, 5.74) is 13.8. The number of aryl methyl sites for hydroxylation is 2. The molecule has 0 bridgehead atoms. The van der Waals surface area contributed by atoms with Crippen LogP contribution in [0.3, 0.4) is 0 Å². The number of pyridine rings is 6. The maximum Gasteiger partial charge on any atom is 0.268 e. The fraction of sp³-hybridized carbons (Fsp3) is 0.248. The molecule has 12 aromatic heterocycles. The van der Waals surface area contributed by atoms with E-state index >= 15 is 0 Å². The lowest BCUT2D eigenvalue weighted by Gasteiger charge is -2.30. The highest BCUT2D eigenvalue weighted by Gasteiger charge is 2.30. The molecule has 39 heteroatoms. The van der Waals surface area contributed by atoms with Crippen LogP contribution >= 0.6 is 22.9 Å². The van der Waals surface area contributed by atoms with Gasteiger partial charge in [0.25, 0.3) is 10.0 Å². The van der Waals surface area contributed by atoms with E-state index in [2.05, 4.69) is 78.1 Å². The van der Waals surface area contributed by atoms with E-state index in [0.29, 0.717) is 111 Å². The number of aromatic amines is 2. The smallest absolute Gasteiger partial charge is 0.268 e. The summed E-state index contributed by atoms with van der Waals surface area (Å²) in [6, 6.07) is 62.2. The van der Waals surface area contributed by atoms with E-state index in [1.165, 1.54) is 88.5 Å². The van der Waals surface area contributed by atoms with Gasteiger partial charge in [-0.2, -0.15) is 15.3 Å². The number of aromatic hydroxyl groups is 6. The molecule has 144 heavy (non-hydrogen) atoms. The second-order valence-electron chi connectivity index (χ2n) is 36.3. The Bertz CT molecular complexity index is 8390. The number of fused-ring (bicyclic) bond motifs is 10. The van der Waals surface area contributed by atoms with Crippen molar-refractivity contribution in [3.63, 3.8) is 0 Å². The molecule has 0 saturated carbocycles. The van der Waals surface area contributed by atoms with Gasteiger partial charge in [0.15, 0.2) is 39.9 Å². The molecule has 6 aromatic carbocycles. The van der Waals surface area contributed by atoms with Gasteiger partial charge >= 0.3 is 0 Å². The van der Waals surface area contributed by atoms with Crippen LogP contribution in [0.15, 0.2) is 293 Å². The van der Waals surface area contributed by atoms with Crippen LogP contribution in [0.4, 0.5) is 0 Å². The first-order valence-corrected chi connectivity index (χ1v) is 49.5. The molecular weight excluding hydrogens is 1900 g/mol. The third-order valence-corrected chi connectivity index (χ3v) is 29.6. The summed E-state index contributed by atoms with van der Waals surface area (Å²) in [5.74, 6) is -1.24. The van der Waals surface area contributed by atoms with E-state index in [9.17, 15) is 72.6 Å². The van der Waals surface area contributed by atoms with Gasteiger partial charge in [0.1, 0.15) is 15.7 Å². The second kappa shape index (κ2) is 42.3. The minimum Gasteiger partial charge on any atom is -0.503 e. The van der Waals surface area contributed by atoms with Gasteiger partial charge in [-0.25, -0.2) is 17.4 Å². The Morgan fingerprint density at radius 1 is 0.417 bits per heavy atom. The molecule has 0 saturated heterocycles. The quantitative estimate of drug-likeness (QED) is 0.0472. The predicted molar refractivity (Wildman–Crippen MR) is 545 cm³/mol. The standard InChI is InChI=1S/C23H21N3O4S.C18H18N4O2.C18H16N2O4.C16H16N4O2.C16H15N3O2S.C14H17ClN4O2/c27-22-13-18-14-24(10-11-25(18)16-23(22)28)15-19-12-17-6-4-5-9-21(17)26(19)31(29,30)20-7-2-1-3-8-20;23-17-9-15-11-21(6-7-22(15)12-18(17)24)10-14-8-16(20-19-14)13-4-2-1-3-5-13;21-15-7-13-9-19(5-6-20(13)10-16(15)22)8-12-11-24-17-4-2-1-3-14(17)18(12)23;21-15-7-11-8-19(5-6-20(11)10-16(15)22)9-14-12-3-1-2-4-13(12)17-18-14;20-13-7-11-8-18(5-6-19(11)9-14(13)21)10-16-17-12-3-1-2-4-15(12)22-16;1-9-11(14(15)17(2)16-9)7-18-3-4-19-8-13(21)12(20)5-10(19)6-18/h1-9,12-13,16,28H,10-11,14-15H2;1-5,8-9,12,24H,6-7,10-11H2,(H,19,20);1-4,7,10-11,22H,5-6,8-9H2;1-4,7,10,22H,5-6,8-9H2,(H,17,18);1-4,7,9,21H,5-6,8,10H2;5,8,21H,3-4,6-7H2,1-2H3. The normalized spacial score (nSPS) is 14.8. The number of aromatic nitrogens is 14. The minimum absolute atomic E-state index is 0.0227. The molecule has 0 unspecified atom stereocenters. The van der Waals surface area contributed by atoms with E-state index in [-0.39, 0.29) is 72.0 Å². The Balaban J connectivity index is 0.000000110. The average molecular weight is 2000 g/mol. The van der Waals surface area contributed by atoms with E-state index in [4.69, 9.17) is 16.0 Å². The summed E-state index contributed by atoms with van der Waals surface area (Å²) >= 11 is 7.98. The van der Waals surface area contributed by atoms with Crippen LogP contribution in [-0.2, 0) is 135 Å². The first kappa shape index (κ1) is 97.2. The fourth-order valence-electron chi connectivity index (χ4n) is 18.9. The summed E-state index contributed by atoms with van der Waals surface area (Å²) in [6.07, 6.45) is 10.6. The van der Waals surface area contributed by atoms with E-state index < -0.39 is 15.5 Å². The Morgan fingerprint density at radius 3 is 1.33 bits per heavy atom. The van der Waals surface area contributed by atoms with Gasteiger partial charge in [0, 0.05) is 267 Å². The zero-order chi connectivity index (χ0) is 100. The largest absolute Gasteiger partial charge is 0.503 e. The number of rotatable bonds is 15. The van der Waals surface area contributed by atoms with Crippen LogP contribution in [0.25, 0.3) is 54.2 Å². The van der Waals surface area contributed by atoms with Crippen LogP contribution in [0.2, 0.25) is 5.15 Å². The van der Waals surface area contributed by atoms with Crippen molar-refractivity contribution in [3.8, 4) is 45.8 Å². The van der Waals surface area contributed by atoms with Gasteiger partial charge in [0.05, 0.1) is 98.6 Å². The molecule has 738 valence electrons. The Hall–Kier alpha value is -15.7. The minimum atomic E-state index is -3.77. The van der Waals surface area contributed by atoms with Crippen molar-refractivity contribution in [1.82, 2.24) is 95.9 Å². The third kappa shape index (κ3) is 21.9. The monoisotopic (exact) mass is 2000 g/mol. The Morgan fingerprint density at radius 2 is 0.833 bits per heavy atom. The summed E-state index contributed by atoms with van der Waals surface area (Å²) in [4.78, 5) is 101. The maximum absolute atomic E-state index is 13.5. The van der Waals surface area contributed by atoms with Gasteiger partial charge in [-0.3, -0.25) is 77.8 Å². The van der Waals surface area contributed by atoms with Crippen LogP contribution < -0.4 is 38.0 Å². The molecule has 6 aliphatic heterocycles. The molecule has 24 rings (SSSR count). The molecule has 8 N–H and O–H groups in total. The molecule has 0 atom stereocenters. The molecule has 0 spiro atoms. The van der Waals surface area contributed by atoms with Crippen LogP contribution in [0.1, 0.15) is 73.1 Å². The predicted octanol–water partition coefficient (Wildman–Crippen LogP) is 11.3. The first-order valence-electron chi connectivity index (χ1n) is 46.9. The van der Waals surface area contributed by atoms with E-state index in [1.807, 2.05) is 151 Å². The molecule has 18 aromatic rings. The summed E-state index contributed by atoms with van der Waals surface area (Å²) < 4.78 is 48.4. The maximum atomic E-state index is 13.5. The van der Waals surface area contributed by atoms with Gasteiger partial charge < -0.3 is 62.5 Å². The molecule has 18 heterocycles. The fourth-order valence-corrected chi connectivity index (χ4v) is 21.7. The average Bonchev–Trinajstić information content (AvgIpc) is 1.60. The topological polar surface area (TPSA) is 430 Å². The van der Waals surface area contributed by atoms with Crippen LogP contribution in [0, 0.1) is 6.92 Å². The molecule has 0 radical (unpaired) electrons. The SMILES string of the molecule is Cc1nn(C)c(Cl)c1CN1CCn2cc(O)c(=O)cc2C1.O=c1cc2n(cc1O)CCN(Cc1[nH]nc3ccccc13)C2.O=c1cc2n(cc1O)CCN(Cc1cc(-c3ccccc3)n[nH]1)C2.O=c1cc2n(cc1O)CCN(Cc1cc3ccccc3n1S(=O)(=O)c1ccccc1)C2.O=c1cc2n(cc1O)CCN(Cc1coc3ccccc3c1=O)C2.O=c1cc2n(cc1O)CCN(Cc1nc3ccccc3s1)C2. The highest BCUT2D eigenvalue weighted by atomic mass is 35.5. The molecular formula is C105H103ClN20O16S2. The molecule has 6 aliphatic rings. The van der Waals surface area contributed by atoms with Crippen molar-refractivity contribution < 1.29 is 43.5 Å². The van der Waals surface area contributed by atoms with Crippen molar-refractivity contribution in [2.24, 2.45) is 7.05 Å². The zero-order valence-electron chi connectivity index (χ0n) is 78.7. The molecule has 0 amide bonds. The Labute approximate surface area is 831 Å². The van der Waals surface area contributed by atoms with E-state index in [1.54, 1.807) is 58.5 Å². The van der Waals surface area contributed by atoms with Crippen molar-refractivity contribution in [2.75, 3.05) is 39.3 Å². The number of halogens is 1. The lowest BCUT2D eigenvalue weighted by atomic mass is 10.1. The van der Waals surface area contributed by atoms with Gasteiger partial charge in [-0.05, 0) is 67.6 Å². The van der Waals surface area contributed by atoms with Crippen molar-refractivity contribution >= 4 is 76.0 Å². The second-order valence-corrected chi connectivity index (χ2v) is 39.6. The highest BCUT2D eigenvalue weighted by molar-refractivity contribution is 7.90. The van der Waals surface area contributed by atoms with Crippen LogP contribution in [-0.4, -0.2) is 174 Å². The number of para-hydroxylation sites is 4. The lowest BCUT2D eigenvalue weighted by Crippen LogP contribution is -2.35. The third-order valence-electron chi connectivity index (χ3n) is 26.4. The molecule has 36 nitrogen and oxygen atoms in total. The van der Waals surface area contributed by atoms with Crippen molar-refractivity contribution in [1.29, 1.82) is 0 Å². The molecule has 0 aliphatic carbocycles. The number of nitrogens with one attached hydrogen (secondary N) is 2. The number of hydrogen-bond donors (Lipinski definition) is 8. The number of thiazole rings is 1.